The summed E-state index contributed by atoms with van der Waals surface area (Å²) < 4.78 is 26.8. The molecule has 1 amide bonds. The zero-order valence-corrected chi connectivity index (χ0v) is 16.0. The van der Waals surface area contributed by atoms with E-state index in [-0.39, 0.29) is 29.4 Å². The quantitative estimate of drug-likeness (QED) is 0.754. The topological polar surface area (TPSA) is 70.0 Å². The average molecular weight is 356 g/mol. The van der Waals surface area contributed by atoms with E-state index in [2.05, 4.69) is 0 Å². The Labute approximate surface area is 145 Å². The van der Waals surface area contributed by atoms with Crippen LogP contribution in [-0.4, -0.2) is 60.3 Å². The van der Waals surface area contributed by atoms with E-state index in [1.54, 1.807) is 9.21 Å². The molecule has 2 fully saturated rings. The van der Waals surface area contributed by atoms with Gasteiger partial charge in [0.2, 0.25) is 10.0 Å². The number of aliphatic imine (C=N–C) groups is 1. The highest BCUT2D eigenvalue weighted by Gasteiger charge is 2.61. The minimum atomic E-state index is -3.24. The van der Waals surface area contributed by atoms with Gasteiger partial charge in [0.1, 0.15) is 11.4 Å². The van der Waals surface area contributed by atoms with Gasteiger partial charge < -0.3 is 0 Å². The molecule has 0 aromatic heterocycles. The number of amidine groups is 1. The number of rotatable bonds is 5. The van der Waals surface area contributed by atoms with Crippen molar-refractivity contribution < 1.29 is 13.2 Å². The molecule has 1 spiro atoms. The van der Waals surface area contributed by atoms with Crippen LogP contribution in [-0.2, 0) is 14.8 Å². The number of fused-ring (bicyclic) bond motifs is 2. The van der Waals surface area contributed by atoms with Crippen molar-refractivity contribution >= 4 is 21.8 Å². The van der Waals surface area contributed by atoms with Crippen molar-refractivity contribution in [1.82, 2.24) is 9.21 Å². The normalized spacial score (nSPS) is 33.8. The van der Waals surface area contributed by atoms with Crippen LogP contribution in [0, 0.1) is 17.8 Å². The van der Waals surface area contributed by atoms with Crippen LogP contribution in [0.15, 0.2) is 4.99 Å². The Kier molecular flexibility index (Phi) is 4.53. The summed E-state index contributed by atoms with van der Waals surface area (Å²) in [6.07, 6.45) is 2.40. The number of nitrogens with zero attached hydrogens (tertiary/aromatic N) is 3. The molecule has 3 atom stereocenters. The van der Waals surface area contributed by atoms with E-state index >= 15 is 0 Å². The SMILES string of the molecule is CCC1=N[C@]2(CC[C@H]3CN(S(=O)(=O)CC(C)C)C[C@H]32)C(=O)N1CC. The molecule has 0 bridgehead atoms. The predicted octanol–water partition coefficient (Wildman–Crippen LogP) is 1.72. The van der Waals surface area contributed by atoms with Crippen molar-refractivity contribution in [3.63, 3.8) is 0 Å². The van der Waals surface area contributed by atoms with Crippen LogP contribution < -0.4 is 0 Å². The van der Waals surface area contributed by atoms with E-state index < -0.39 is 15.6 Å². The summed E-state index contributed by atoms with van der Waals surface area (Å²) in [5, 5.41) is 0. The molecule has 2 aliphatic heterocycles. The Balaban J connectivity index is 1.86. The highest BCUT2D eigenvalue weighted by molar-refractivity contribution is 7.89. The third kappa shape index (κ3) is 2.60. The van der Waals surface area contributed by atoms with Gasteiger partial charge in [0.05, 0.1) is 5.75 Å². The van der Waals surface area contributed by atoms with E-state index in [4.69, 9.17) is 4.99 Å². The second-order valence-corrected chi connectivity index (χ2v) is 9.76. The molecule has 0 aromatic rings. The first-order valence-electron chi connectivity index (χ1n) is 9.13. The maximum atomic E-state index is 13.1. The first-order chi connectivity index (χ1) is 11.2. The third-order valence-electron chi connectivity index (χ3n) is 5.74. The largest absolute Gasteiger partial charge is 0.299 e. The lowest BCUT2D eigenvalue weighted by atomic mass is 9.85. The fourth-order valence-corrected chi connectivity index (χ4v) is 6.56. The summed E-state index contributed by atoms with van der Waals surface area (Å²) in [6.45, 7) is 9.49. The predicted molar refractivity (Wildman–Crippen MR) is 94.3 cm³/mol. The second kappa shape index (κ2) is 6.09. The van der Waals surface area contributed by atoms with Crippen molar-refractivity contribution in [3.05, 3.63) is 0 Å². The average Bonchev–Trinajstić information content (AvgIpc) is 3.13. The van der Waals surface area contributed by atoms with Gasteiger partial charge in [-0.3, -0.25) is 14.7 Å². The van der Waals surface area contributed by atoms with E-state index in [0.717, 1.165) is 25.1 Å². The fraction of sp³-hybridized carbons (Fsp3) is 0.882. The first-order valence-corrected chi connectivity index (χ1v) is 10.7. The molecule has 0 aromatic carbocycles. The van der Waals surface area contributed by atoms with E-state index in [1.807, 2.05) is 27.7 Å². The minimum absolute atomic E-state index is 0.0324. The molecular weight excluding hydrogens is 326 g/mol. The van der Waals surface area contributed by atoms with Crippen LogP contribution in [0.1, 0.15) is 47.0 Å². The Hall–Kier alpha value is -0.950. The smallest absolute Gasteiger partial charge is 0.256 e. The summed E-state index contributed by atoms with van der Waals surface area (Å²) in [5.74, 6) is 1.54. The minimum Gasteiger partial charge on any atom is -0.299 e. The van der Waals surface area contributed by atoms with E-state index in [1.165, 1.54) is 0 Å². The Morgan fingerprint density at radius 2 is 2.00 bits per heavy atom. The molecule has 7 heteroatoms. The molecule has 2 heterocycles. The lowest BCUT2D eigenvalue weighted by Gasteiger charge is -2.28. The van der Waals surface area contributed by atoms with Gasteiger partial charge in [-0.05, 0) is 31.6 Å². The maximum absolute atomic E-state index is 13.1. The number of amides is 1. The van der Waals surface area contributed by atoms with Crippen LogP contribution in [0.4, 0.5) is 0 Å². The summed E-state index contributed by atoms with van der Waals surface area (Å²) in [7, 11) is -3.24. The molecule has 136 valence electrons. The summed E-state index contributed by atoms with van der Waals surface area (Å²) in [4.78, 5) is 19.7. The zero-order chi connectivity index (χ0) is 17.7. The van der Waals surface area contributed by atoms with Crippen LogP contribution in [0.5, 0.6) is 0 Å². The summed E-state index contributed by atoms with van der Waals surface area (Å²) >= 11 is 0. The molecular formula is C17H29N3O3S. The molecule has 0 unspecified atom stereocenters. The molecule has 0 N–H and O–H groups in total. The van der Waals surface area contributed by atoms with Gasteiger partial charge in [-0.2, -0.15) is 0 Å². The van der Waals surface area contributed by atoms with Crippen LogP contribution >= 0.6 is 0 Å². The molecule has 24 heavy (non-hydrogen) atoms. The van der Waals surface area contributed by atoms with Gasteiger partial charge in [0.15, 0.2) is 0 Å². The molecule has 0 radical (unpaired) electrons. The van der Waals surface area contributed by atoms with Crippen LogP contribution in [0.25, 0.3) is 0 Å². The number of hydrogen-bond donors (Lipinski definition) is 0. The maximum Gasteiger partial charge on any atom is 0.256 e. The standard InChI is InChI=1S/C17H29N3O3S/c1-5-15-18-17(16(21)20(15)6-2)8-7-13-9-19(10-14(13)17)24(22,23)11-12(3)4/h12-14H,5-11H2,1-4H3/t13-,14+,17-/m0/s1. The monoisotopic (exact) mass is 355 g/mol. The molecule has 3 aliphatic rings. The summed E-state index contributed by atoms with van der Waals surface area (Å²) in [5.41, 5.74) is -0.700. The number of hydrogen-bond acceptors (Lipinski definition) is 4. The van der Waals surface area contributed by atoms with Gasteiger partial charge in [0, 0.05) is 32.0 Å². The van der Waals surface area contributed by atoms with Crippen molar-refractivity contribution in [1.29, 1.82) is 0 Å². The van der Waals surface area contributed by atoms with Crippen molar-refractivity contribution in [3.8, 4) is 0 Å². The number of sulfonamides is 1. The highest BCUT2D eigenvalue weighted by Crippen LogP contribution is 2.50. The van der Waals surface area contributed by atoms with Crippen LogP contribution in [0.2, 0.25) is 0 Å². The number of likely N-dealkylation sites (N-methyl/N-ethyl adjacent to an activating group) is 1. The summed E-state index contributed by atoms with van der Waals surface area (Å²) in [6, 6.07) is 0. The first kappa shape index (κ1) is 17.9. The third-order valence-corrected chi connectivity index (χ3v) is 7.92. The van der Waals surface area contributed by atoms with Crippen molar-refractivity contribution in [2.45, 2.75) is 52.5 Å². The van der Waals surface area contributed by atoms with Gasteiger partial charge in [0.25, 0.3) is 5.91 Å². The van der Waals surface area contributed by atoms with E-state index in [9.17, 15) is 13.2 Å². The van der Waals surface area contributed by atoms with E-state index in [0.29, 0.717) is 19.6 Å². The number of carbonyl (C=O) groups is 1. The van der Waals surface area contributed by atoms with Crippen molar-refractivity contribution in [2.75, 3.05) is 25.4 Å². The Bertz CT molecular complexity index is 658. The van der Waals surface area contributed by atoms with Gasteiger partial charge in [-0.25, -0.2) is 12.7 Å². The molecule has 1 aliphatic carbocycles. The molecule has 1 saturated carbocycles. The molecule has 1 saturated heterocycles. The van der Waals surface area contributed by atoms with Crippen molar-refractivity contribution in [2.24, 2.45) is 22.7 Å². The number of carbonyl (C=O) groups excluding carboxylic acids is 1. The lowest BCUT2D eigenvalue weighted by Crippen LogP contribution is -2.47. The van der Waals surface area contributed by atoms with Crippen LogP contribution in [0.3, 0.4) is 0 Å². The van der Waals surface area contributed by atoms with Gasteiger partial charge in [-0.15, -0.1) is 0 Å². The Morgan fingerprint density at radius 1 is 1.29 bits per heavy atom. The highest BCUT2D eigenvalue weighted by atomic mass is 32.2. The van der Waals surface area contributed by atoms with Gasteiger partial charge in [-0.1, -0.05) is 20.8 Å². The zero-order valence-electron chi connectivity index (χ0n) is 15.2. The van der Waals surface area contributed by atoms with Gasteiger partial charge >= 0.3 is 0 Å². The fourth-order valence-electron chi connectivity index (χ4n) is 4.70. The lowest BCUT2D eigenvalue weighted by molar-refractivity contribution is -0.132. The molecule has 3 rings (SSSR count). The second-order valence-electron chi connectivity index (χ2n) is 7.75. The molecule has 6 nitrogen and oxygen atoms in total. The Morgan fingerprint density at radius 3 is 2.54 bits per heavy atom.